The highest BCUT2D eigenvalue weighted by atomic mass is 16.2. The number of aryl methyl sites for hydroxylation is 1. The third kappa shape index (κ3) is 3.74. The molecule has 0 bridgehead atoms. The van der Waals surface area contributed by atoms with Crippen LogP contribution in [0.1, 0.15) is 35.6 Å². The molecule has 2 amide bonds. The summed E-state index contributed by atoms with van der Waals surface area (Å²) in [5, 5.41) is 6.33. The summed E-state index contributed by atoms with van der Waals surface area (Å²) in [6.45, 7) is 4.86. The van der Waals surface area contributed by atoms with E-state index in [1.807, 2.05) is 24.3 Å². The second-order valence-corrected chi connectivity index (χ2v) is 7.35. The van der Waals surface area contributed by atoms with Crippen LogP contribution in [0.2, 0.25) is 0 Å². The van der Waals surface area contributed by atoms with Gasteiger partial charge >= 0.3 is 0 Å². The van der Waals surface area contributed by atoms with Crippen LogP contribution in [0.25, 0.3) is 0 Å². The molecular weight excluding hydrogens is 338 g/mol. The number of nitrogens with one attached hydrogen (secondary N) is 2. The van der Waals surface area contributed by atoms with E-state index in [-0.39, 0.29) is 24.2 Å². The fourth-order valence-corrected chi connectivity index (χ4v) is 3.84. The molecule has 5 heteroatoms. The fraction of sp³-hybridized carbons (Fsp3) is 0.364. The standard InChI is InChI=1S/C22H25N3O2/c1-2-15-4-7-20(8-5-15)25-14-19(10-21(25)26)22(27)24-11-16-3-6-17-12-23-13-18(17)9-16/h3-9,19,23H,2,10-14H2,1H3,(H,24,27). The Hall–Kier alpha value is -2.66. The number of benzene rings is 2. The number of nitrogens with zero attached hydrogens (tertiary/aromatic N) is 1. The van der Waals surface area contributed by atoms with Crippen LogP contribution in [0.5, 0.6) is 0 Å². The normalized spacial score (nSPS) is 18.6. The van der Waals surface area contributed by atoms with Gasteiger partial charge in [0.2, 0.25) is 11.8 Å². The van der Waals surface area contributed by atoms with Crippen molar-refractivity contribution in [3.8, 4) is 0 Å². The maximum atomic E-state index is 12.6. The largest absolute Gasteiger partial charge is 0.352 e. The molecule has 1 atom stereocenters. The Kier molecular flexibility index (Phi) is 4.94. The average Bonchev–Trinajstić information content (AvgIpc) is 3.32. The average molecular weight is 363 g/mol. The van der Waals surface area contributed by atoms with Crippen LogP contribution < -0.4 is 15.5 Å². The predicted molar refractivity (Wildman–Crippen MR) is 105 cm³/mol. The first-order valence-electron chi connectivity index (χ1n) is 9.62. The Morgan fingerprint density at radius 1 is 1.11 bits per heavy atom. The molecule has 140 valence electrons. The van der Waals surface area contributed by atoms with Crippen LogP contribution in [0.15, 0.2) is 42.5 Å². The molecule has 2 aromatic rings. The van der Waals surface area contributed by atoms with Crippen molar-refractivity contribution in [3.05, 3.63) is 64.7 Å². The van der Waals surface area contributed by atoms with E-state index in [0.29, 0.717) is 13.1 Å². The van der Waals surface area contributed by atoms with Crippen molar-refractivity contribution < 1.29 is 9.59 Å². The molecule has 0 aliphatic carbocycles. The molecule has 1 fully saturated rings. The molecule has 2 aromatic carbocycles. The van der Waals surface area contributed by atoms with Crippen LogP contribution in [0.3, 0.4) is 0 Å². The van der Waals surface area contributed by atoms with Gasteiger partial charge in [-0.25, -0.2) is 0 Å². The second-order valence-electron chi connectivity index (χ2n) is 7.35. The van der Waals surface area contributed by atoms with Crippen LogP contribution in [-0.4, -0.2) is 18.4 Å². The van der Waals surface area contributed by atoms with Crippen LogP contribution in [-0.2, 0) is 35.6 Å². The van der Waals surface area contributed by atoms with E-state index < -0.39 is 0 Å². The predicted octanol–water partition coefficient (Wildman–Crippen LogP) is 2.52. The Morgan fingerprint density at radius 3 is 2.63 bits per heavy atom. The molecule has 27 heavy (non-hydrogen) atoms. The summed E-state index contributed by atoms with van der Waals surface area (Å²) in [5.74, 6) is -0.322. The van der Waals surface area contributed by atoms with Gasteiger partial charge in [-0.15, -0.1) is 0 Å². The highest BCUT2D eigenvalue weighted by molar-refractivity contribution is 6.00. The SMILES string of the molecule is CCc1ccc(N2CC(C(=O)NCc3ccc4c(c3)CNC4)CC2=O)cc1. The molecular formula is C22H25N3O2. The van der Waals surface area contributed by atoms with Crippen molar-refractivity contribution in [2.24, 2.45) is 5.92 Å². The molecule has 0 spiro atoms. The molecule has 4 rings (SSSR count). The van der Waals surface area contributed by atoms with Crippen molar-refractivity contribution in [1.82, 2.24) is 10.6 Å². The minimum atomic E-state index is -0.292. The van der Waals surface area contributed by atoms with Gasteiger partial charge in [0.05, 0.1) is 5.92 Å². The van der Waals surface area contributed by atoms with E-state index in [1.165, 1.54) is 16.7 Å². The zero-order valence-electron chi connectivity index (χ0n) is 15.6. The number of carbonyl (C=O) groups excluding carboxylic acids is 2. The van der Waals surface area contributed by atoms with Crippen LogP contribution in [0, 0.1) is 5.92 Å². The molecule has 0 radical (unpaired) electrons. The highest BCUT2D eigenvalue weighted by Gasteiger charge is 2.35. The van der Waals surface area contributed by atoms with Gasteiger partial charge in [-0.3, -0.25) is 9.59 Å². The molecule has 0 saturated carbocycles. The fourth-order valence-electron chi connectivity index (χ4n) is 3.84. The third-order valence-corrected chi connectivity index (χ3v) is 5.52. The number of amides is 2. The van der Waals surface area contributed by atoms with Crippen molar-refractivity contribution in [3.63, 3.8) is 0 Å². The summed E-state index contributed by atoms with van der Waals surface area (Å²) in [6, 6.07) is 14.4. The minimum absolute atomic E-state index is 0.0167. The first-order chi connectivity index (χ1) is 13.1. The van der Waals surface area contributed by atoms with E-state index in [2.05, 4.69) is 35.8 Å². The van der Waals surface area contributed by atoms with Crippen molar-refractivity contribution in [1.29, 1.82) is 0 Å². The molecule has 2 aliphatic heterocycles. The quantitative estimate of drug-likeness (QED) is 0.858. The topological polar surface area (TPSA) is 61.4 Å². The maximum absolute atomic E-state index is 12.6. The Bertz CT molecular complexity index is 860. The number of anilines is 1. The first-order valence-corrected chi connectivity index (χ1v) is 9.62. The smallest absolute Gasteiger partial charge is 0.227 e. The van der Waals surface area contributed by atoms with Gasteiger partial charge in [0.25, 0.3) is 0 Å². The monoisotopic (exact) mass is 363 g/mol. The van der Waals surface area contributed by atoms with Gasteiger partial charge < -0.3 is 15.5 Å². The number of rotatable bonds is 5. The first kappa shape index (κ1) is 17.7. The number of carbonyl (C=O) groups is 2. The Labute approximate surface area is 159 Å². The lowest BCUT2D eigenvalue weighted by Crippen LogP contribution is -2.32. The lowest BCUT2D eigenvalue weighted by atomic mass is 10.1. The zero-order valence-corrected chi connectivity index (χ0v) is 15.6. The maximum Gasteiger partial charge on any atom is 0.227 e. The van der Waals surface area contributed by atoms with E-state index >= 15 is 0 Å². The molecule has 1 unspecified atom stereocenters. The molecule has 2 N–H and O–H groups in total. The second kappa shape index (κ2) is 7.53. The van der Waals surface area contributed by atoms with Gasteiger partial charge in [0.15, 0.2) is 0 Å². The van der Waals surface area contributed by atoms with E-state index in [0.717, 1.165) is 30.8 Å². The number of fused-ring (bicyclic) bond motifs is 1. The Balaban J connectivity index is 1.36. The lowest BCUT2D eigenvalue weighted by molar-refractivity contribution is -0.126. The Morgan fingerprint density at radius 2 is 1.85 bits per heavy atom. The highest BCUT2D eigenvalue weighted by Crippen LogP contribution is 2.26. The van der Waals surface area contributed by atoms with Gasteiger partial charge in [-0.2, -0.15) is 0 Å². The van der Waals surface area contributed by atoms with Gasteiger partial charge in [-0.05, 0) is 40.8 Å². The summed E-state index contributed by atoms with van der Waals surface area (Å²) in [6.07, 6.45) is 1.24. The van der Waals surface area contributed by atoms with Crippen molar-refractivity contribution in [2.75, 3.05) is 11.4 Å². The molecule has 2 heterocycles. The zero-order chi connectivity index (χ0) is 18.8. The number of hydrogen-bond donors (Lipinski definition) is 2. The summed E-state index contributed by atoms with van der Waals surface area (Å²) >= 11 is 0. The summed E-state index contributed by atoms with van der Waals surface area (Å²) in [5.41, 5.74) is 5.85. The summed E-state index contributed by atoms with van der Waals surface area (Å²) in [7, 11) is 0. The summed E-state index contributed by atoms with van der Waals surface area (Å²) in [4.78, 5) is 26.7. The molecule has 0 aromatic heterocycles. The van der Waals surface area contributed by atoms with Crippen LogP contribution >= 0.6 is 0 Å². The van der Waals surface area contributed by atoms with E-state index in [9.17, 15) is 9.59 Å². The van der Waals surface area contributed by atoms with Crippen molar-refractivity contribution in [2.45, 2.75) is 39.4 Å². The summed E-state index contributed by atoms with van der Waals surface area (Å²) < 4.78 is 0. The van der Waals surface area contributed by atoms with Crippen molar-refractivity contribution >= 4 is 17.5 Å². The van der Waals surface area contributed by atoms with Gasteiger partial charge in [-0.1, -0.05) is 37.3 Å². The molecule has 2 aliphatic rings. The van der Waals surface area contributed by atoms with Crippen LogP contribution in [0.4, 0.5) is 5.69 Å². The van der Waals surface area contributed by atoms with Gasteiger partial charge in [0.1, 0.15) is 0 Å². The van der Waals surface area contributed by atoms with Gasteiger partial charge in [0, 0.05) is 38.3 Å². The lowest BCUT2D eigenvalue weighted by Gasteiger charge is -2.17. The van der Waals surface area contributed by atoms with E-state index in [1.54, 1.807) is 4.90 Å². The number of hydrogen-bond acceptors (Lipinski definition) is 3. The molecule has 5 nitrogen and oxygen atoms in total. The molecule has 1 saturated heterocycles. The third-order valence-electron chi connectivity index (χ3n) is 5.52. The van der Waals surface area contributed by atoms with E-state index in [4.69, 9.17) is 0 Å². The minimum Gasteiger partial charge on any atom is -0.352 e.